The Morgan fingerprint density at radius 2 is 2.20 bits per heavy atom. The van der Waals surface area contributed by atoms with Gasteiger partial charge >= 0.3 is 0 Å². The van der Waals surface area contributed by atoms with Gasteiger partial charge < -0.3 is 9.15 Å². The van der Waals surface area contributed by atoms with E-state index in [4.69, 9.17) is 9.15 Å². The van der Waals surface area contributed by atoms with Crippen molar-refractivity contribution in [1.82, 2.24) is 9.97 Å². The van der Waals surface area contributed by atoms with Crippen molar-refractivity contribution in [2.45, 2.75) is 6.92 Å². The van der Waals surface area contributed by atoms with Crippen LogP contribution in [0.4, 0.5) is 0 Å². The molecule has 0 aliphatic heterocycles. The number of fused-ring (bicyclic) bond motifs is 2. The third kappa shape index (κ3) is 1.83. The molecular formula is C15H10N2O2S. The van der Waals surface area contributed by atoms with E-state index < -0.39 is 0 Å². The molecule has 5 heteroatoms. The van der Waals surface area contributed by atoms with E-state index in [1.807, 2.05) is 37.3 Å². The van der Waals surface area contributed by atoms with Crippen LogP contribution in [0, 0.1) is 6.92 Å². The minimum absolute atomic E-state index is 0.585. The number of ether oxygens (including phenoxy) is 1. The molecule has 0 aliphatic carbocycles. The highest BCUT2D eigenvalue weighted by Gasteiger charge is 2.08. The van der Waals surface area contributed by atoms with E-state index >= 15 is 0 Å². The van der Waals surface area contributed by atoms with Crippen LogP contribution in [-0.2, 0) is 0 Å². The normalized spacial score (nSPS) is 11.2. The molecule has 98 valence electrons. The molecule has 3 aromatic heterocycles. The molecule has 0 bridgehead atoms. The van der Waals surface area contributed by atoms with Gasteiger partial charge in [-0.15, -0.1) is 0 Å². The molecule has 4 nitrogen and oxygen atoms in total. The molecule has 0 spiro atoms. The highest BCUT2D eigenvalue weighted by atomic mass is 32.1. The molecule has 1 aromatic carbocycles. The van der Waals surface area contributed by atoms with Gasteiger partial charge in [0.05, 0.1) is 11.0 Å². The standard InChI is InChI=1S/C15H10N2O2S/c1-9-8-18-12-7-10(4-5-11(9)12)19-15-17-14-13(20-15)3-2-6-16-14/h2-8H,1H3. The van der Waals surface area contributed by atoms with Crippen molar-refractivity contribution in [1.29, 1.82) is 0 Å². The van der Waals surface area contributed by atoms with E-state index in [0.29, 0.717) is 16.6 Å². The fourth-order valence-electron chi connectivity index (χ4n) is 2.10. The van der Waals surface area contributed by atoms with E-state index in [2.05, 4.69) is 9.97 Å². The monoisotopic (exact) mass is 282 g/mol. The van der Waals surface area contributed by atoms with Gasteiger partial charge in [-0.3, -0.25) is 0 Å². The zero-order valence-electron chi connectivity index (χ0n) is 10.7. The van der Waals surface area contributed by atoms with Crippen LogP contribution in [0.3, 0.4) is 0 Å². The van der Waals surface area contributed by atoms with Gasteiger partial charge in [-0.2, -0.15) is 4.98 Å². The second kappa shape index (κ2) is 4.31. The smallest absolute Gasteiger partial charge is 0.281 e. The van der Waals surface area contributed by atoms with Crippen LogP contribution in [0.2, 0.25) is 0 Å². The van der Waals surface area contributed by atoms with Crippen molar-refractivity contribution in [2.24, 2.45) is 0 Å². The van der Waals surface area contributed by atoms with Crippen LogP contribution < -0.4 is 4.74 Å². The first-order chi connectivity index (χ1) is 9.79. The molecule has 0 aliphatic rings. The SMILES string of the molecule is Cc1coc2cc(Oc3nc4ncccc4s3)ccc12. The molecule has 0 radical (unpaired) electrons. The molecule has 0 N–H and O–H groups in total. The highest BCUT2D eigenvalue weighted by molar-refractivity contribution is 7.20. The van der Waals surface area contributed by atoms with E-state index in [-0.39, 0.29) is 0 Å². The third-order valence-corrected chi connectivity index (χ3v) is 3.98. The Kier molecular flexibility index (Phi) is 2.47. The molecule has 20 heavy (non-hydrogen) atoms. The maximum atomic E-state index is 5.79. The van der Waals surface area contributed by atoms with Crippen molar-refractivity contribution in [3.63, 3.8) is 0 Å². The van der Waals surface area contributed by atoms with Gasteiger partial charge in [-0.1, -0.05) is 11.3 Å². The Balaban J connectivity index is 1.72. The minimum atomic E-state index is 0.585. The average molecular weight is 282 g/mol. The number of furan rings is 1. The quantitative estimate of drug-likeness (QED) is 0.541. The topological polar surface area (TPSA) is 48.2 Å². The number of pyridine rings is 1. The van der Waals surface area contributed by atoms with Crippen molar-refractivity contribution >= 4 is 32.7 Å². The maximum Gasteiger partial charge on any atom is 0.281 e. The first-order valence-electron chi connectivity index (χ1n) is 6.17. The van der Waals surface area contributed by atoms with E-state index in [1.54, 1.807) is 12.5 Å². The molecular weight excluding hydrogens is 272 g/mol. The van der Waals surface area contributed by atoms with Gasteiger partial charge in [0.1, 0.15) is 11.3 Å². The number of aromatic nitrogens is 2. The highest BCUT2D eigenvalue weighted by Crippen LogP contribution is 2.32. The lowest BCUT2D eigenvalue weighted by molar-refractivity contribution is 0.479. The zero-order valence-corrected chi connectivity index (χ0v) is 11.5. The van der Waals surface area contributed by atoms with Crippen LogP contribution in [-0.4, -0.2) is 9.97 Å². The van der Waals surface area contributed by atoms with Crippen LogP contribution >= 0.6 is 11.3 Å². The number of rotatable bonds is 2. The predicted molar refractivity (Wildman–Crippen MR) is 78.4 cm³/mol. The first kappa shape index (κ1) is 11.4. The Labute approximate surface area is 118 Å². The van der Waals surface area contributed by atoms with Gasteiger partial charge in [0.2, 0.25) is 0 Å². The summed E-state index contributed by atoms with van der Waals surface area (Å²) in [5.74, 6) is 0.714. The molecule has 0 saturated carbocycles. The molecule has 0 amide bonds. The fourth-order valence-corrected chi connectivity index (χ4v) is 2.89. The minimum Gasteiger partial charge on any atom is -0.464 e. The molecule has 0 unspecified atom stereocenters. The van der Waals surface area contributed by atoms with E-state index in [0.717, 1.165) is 21.2 Å². The number of aryl methyl sites for hydroxylation is 1. The summed E-state index contributed by atoms with van der Waals surface area (Å²) in [6.07, 6.45) is 3.47. The summed E-state index contributed by atoms with van der Waals surface area (Å²) >= 11 is 1.48. The van der Waals surface area contributed by atoms with Gasteiger partial charge in [0.15, 0.2) is 5.65 Å². The van der Waals surface area contributed by atoms with E-state index in [9.17, 15) is 0 Å². The second-order valence-electron chi connectivity index (χ2n) is 4.48. The lowest BCUT2D eigenvalue weighted by atomic mass is 10.2. The summed E-state index contributed by atoms with van der Waals surface area (Å²) in [6.45, 7) is 2.02. The molecule has 4 aromatic rings. The molecule has 0 atom stereocenters. The molecule has 3 heterocycles. The van der Waals surface area contributed by atoms with Gasteiger partial charge in [0, 0.05) is 17.6 Å². The number of benzene rings is 1. The number of nitrogens with zero attached hydrogens (tertiary/aromatic N) is 2. The summed E-state index contributed by atoms with van der Waals surface area (Å²) in [5.41, 5.74) is 2.65. The summed E-state index contributed by atoms with van der Waals surface area (Å²) in [6, 6.07) is 9.66. The Morgan fingerprint density at radius 3 is 3.10 bits per heavy atom. The van der Waals surface area contributed by atoms with Crippen LogP contribution in [0.5, 0.6) is 10.9 Å². The van der Waals surface area contributed by atoms with Gasteiger partial charge in [-0.05, 0) is 36.8 Å². The summed E-state index contributed by atoms with van der Waals surface area (Å²) in [7, 11) is 0. The maximum absolute atomic E-state index is 5.79. The Bertz CT molecular complexity index is 877. The van der Waals surface area contributed by atoms with Crippen molar-refractivity contribution < 1.29 is 9.15 Å². The van der Waals surface area contributed by atoms with Gasteiger partial charge in [0.25, 0.3) is 5.19 Å². The Morgan fingerprint density at radius 1 is 1.25 bits per heavy atom. The lowest BCUT2D eigenvalue weighted by Gasteiger charge is -2.00. The first-order valence-corrected chi connectivity index (χ1v) is 6.98. The fraction of sp³-hybridized carbons (Fsp3) is 0.0667. The number of thiazole rings is 1. The van der Waals surface area contributed by atoms with Gasteiger partial charge in [-0.25, -0.2) is 4.98 Å². The van der Waals surface area contributed by atoms with Crippen LogP contribution in [0.25, 0.3) is 21.3 Å². The largest absolute Gasteiger partial charge is 0.464 e. The molecule has 0 saturated heterocycles. The lowest BCUT2D eigenvalue weighted by Crippen LogP contribution is -1.82. The Hall–Kier alpha value is -2.40. The number of hydrogen-bond acceptors (Lipinski definition) is 5. The summed E-state index contributed by atoms with van der Waals surface area (Å²) < 4.78 is 12.3. The van der Waals surface area contributed by atoms with E-state index in [1.165, 1.54) is 11.3 Å². The predicted octanol–water partition coefficient (Wildman–Crippen LogP) is 4.54. The second-order valence-corrected chi connectivity index (χ2v) is 5.48. The average Bonchev–Trinajstić information content (AvgIpc) is 3.02. The number of hydrogen-bond donors (Lipinski definition) is 0. The third-order valence-electron chi connectivity index (χ3n) is 3.09. The summed E-state index contributed by atoms with van der Waals surface area (Å²) in [4.78, 5) is 8.55. The van der Waals surface area contributed by atoms with Crippen molar-refractivity contribution in [3.05, 3.63) is 48.4 Å². The summed E-state index contributed by atoms with van der Waals surface area (Å²) in [5, 5.41) is 1.68. The molecule has 0 fully saturated rings. The molecule has 4 rings (SSSR count). The zero-order chi connectivity index (χ0) is 13.5. The van der Waals surface area contributed by atoms with Crippen LogP contribution in [0.15, 0.2) is 47.2 Å². The van der Waals surface area contributed by atoms with Crippen molar-refractivity contribution in [3.8, 4) is 10.9 Å². The van der Waals surface area contributed by atoms with Crippen molar-refractivity contribution in [2.75, 3.05) is 0 Å². The van der Waals surface area contributed by atoms with Crippen LogP contribution in [0.1, 0.15) is 5.56 Å².